The Morgan fingerprint density at radius 1 is 0.571 bits per heavy atom. The summed E-state index contributed by atoms with van der Waals surface area (Å²) in [5.41, 5.74) is 0. The van der Waals surface area contributed by atoms with E-state index in [4.69, 9.17) is 0 Å². The predicted octanol–water partition coefficient (Wildman–Crippen LogP) is 2.96. The van der Waals surface area contributed by atoms with E-state index in [9.17, 15) is 9.59 Å². The highest BCUT2D eigenvalue weighted by molar-refractivity contribution is 5.76. The molecule has 0 unspecified atom stereocenters. The van der Waals surface area contributed by atoms with Gasteiger partial charge in [0.2, 0.25) is 11.8 Å². The van der Waals surface area contributed by atoms with Crippen LogP contribution in [0.4, 0.5) is 0 Å². The molecule has 2 amide bonds. The molecular weight excluding hydrogens is 264 g/mol. The van der Waals surface area contributed by atoms with E-state index in [0.717, 1.165) is 58.3 Å². The molecule has 2 rings (SSSR count). The molecule has 0 saturated carbocycles. The van der Waals surface area contributed by atoms with Gasteiger partial charge >= 0.3 is 0 Å². The fourth-order valence-electron chi connectivity index (χ4n) is 3.33. The molecule has 0 bridgehead atoms. The number of hydrogen-bond acceptors (Lipinski definition) is 2. The van der Waals surface area contributed by atoms with Crippen LogP contribution in [0.5, 0.6) is 0 Å². The van der Waals surface area contributed by atoms with Crippen LogP contribution in [0.15, 0.2) is 0 Å². The zero-order chi connectivity index (χ0) is 14.9. The van der Waals surface area contributed by atoms with Crippen molar-refractivity contribution in [3.05, 3.63) is 0 Å². The van der Waals surface area contributed by atoms with Crippen LogP contribution in [0.1, 0.15) is 70.6 Å². The molecule has 2 heterocycles. The summed E-state index contributed by atoms with van der Waals surface area (Å²) in [6, 6.07) is 0. The van der Waals surface area contributed by atoms with E-state index in [1.165, 1.54) is 25.7 Å². The molecule has 0 aromatic heterocycles. The smallest absolute Gasteiger partial charge is 0.222 e. The van der Waals surface area contributed by atoms with Crippen LogP contribution < -0.4 is 0 Å². The molecule has 4 heteroatoms. The third-order valence-corrected chi connectivity index (χ3v) is 4.70. The number of nitrogens with zero attached hydrogens (tertiary/aromatic N) is 2. The molecule has 0 spiro atoms. The Hall–Kier alpha value is -1.06. The molecule has 0 radical (unpaired) electrons. The normalized spacial score (nSPS) is 18.5. The van der Waals surface area contributed by atoms with Gasteiger partial charge in [0.25, 0.3) is 0 Å². The van der Waals surface area contributed by atoms with Gasteiger partial charge in [0, 0.05) is 39.0 Å². The second-order valence-electron chi connectivity index (χ2n) is 6.44. The first-order valence-electron chi connectivity index (χ1n) is 8.83. The lowest BCUT2D eigenvalue weighted by atomic mass is 10.1. The minimum atomic E-state index is 0.344. The van der Waals surface area contributed by atoms with Crippen LogP contribution in [0.3, 0.4) is 0 Å². The van der Waals surface area contributed by atoms with Crippen molar-refractivity contribution in [3.8, 4) is 0 Å². The predicted molar refractivity (Wildman–Crippen MR) is 83.9 cm³/mol. The van der Waals surface area contributed by atoms with Crippen LogP contribution in [0, 0.1) is 0 Å². The maximum Gasteiger partial charge on any atom is 0.222 e. The summed E-state index contributed by atoms with van der Waals surface area (Å²) in [6.07, 6.45) is 11.6. The fraction of sp³-hybridized carbons (Fsp3) is 0.882. The third kappa shape index (κ3) is 5.68. The van der Waals surface area contributed by atoms with E-state index >= 15 is 0 Å². The van der Waals surface area contributed by atoms with Crippen LogP contribution in [0.2, 0.25) is 0 Å². The molecule has 120 valence electrons. The number of rotatable bonds is 8. The van der Waals surface area contributed by atoms with Crippen molar-refractivity contribution in [1.82, 2.24) is 9.80 Å². The van der Waals surface area contributed by atoms with Crippen LogP contribution in [0.25, 0.3) is 0 Å². The number of carbonyl (C=O) groups excluding carboxylic acids is 2. The van der Waals surface area contributed by atoms with Gasteiger partial charge in [-0.05, 0) is 38.5 Å². The molecule has 2 saturated heterocycles. The zero-order valence-corrected chi connectivity index (χ0v) is 13.3. The van der Waals surface area contributed by atoms with Gasteiger partial charge in [0.1, 0.15) is 0 Å². The summed E-state index contributed by atoms with van der Waals surface area (Å²) in [6.45, 7) is 3.88. The van der Waals surface area contributed by atoms with Crippen LogP contribution in [-0.2, 0) is 9.59 Å². The van der Waals surface area contributed by atoms with E-state index in [2.05, 4.69) is 0 Å². The van der Waals surface area contributed by atoms with E-state index < -0.39 is 0 Å². The Bertz CT molecular complexity index is 300. The Morgan fingerprint density at radius 3 is 1.29 bits per heavy atom. The largest absolute Gasteiger partial charge is 0.343 e. The number of carbonyl (C=O) groups is 2. The topological polar surface area (TPSA) is 40.6 Å². The molecule has 0 aromatic carbocycles. The Balaban J connectivity index is 1.41. The second kappa shape index (κ2) is 9.06. The first-order chi connectivity index (χ1) is 10.3. The lowest BCUT2D eigenvalue weighted by Gasteiger charge is -2.15. The molecule has 0 atom stereocenters. The first-order valence-corrected chi connectivity index (χ1v) is 8.83. The number of unbranched alkanes of at least 4 members (excludes halogenated alkanes) is 4. The Kier molecular flexibility index (Phi) is 7.04. The maximum atomic E-state index is 11.8. The van der Waals surface area contributed by atoms with E-state index in [1.54, 1.807) is 0 Å². The molecule has 0 aliphatic carbocycles. The van der Waals surface area contributed by atoms with Crippen LogP contribution in [-0.4, -0.2) is 47.8 Å². The summed E-state index contributed by atoms with van der Waals surface area (Å²) < 4.78 is 0. The average molecular weight is 294 g/mol. The van der Waals surface area contributed by atoms with Gasteiger partial charge in [-0.1, -0.05) is 19.3 Å². The quantitative estimate of drug-likeness (QED) is 0.646. The highest BCUT2D eigenvalue weighted by Gasteiger charge is 2.17. The lowest BCUT2D eigenvalue weighted by Crippen LogP contribution is -2.27. The fourth-order valence-corrected chi connectivity index (χ4v) is 3.33. The van der Waals surface area contributed by atoms with Gasteiger partial charge < -0.3 is 9.80 Å². The summed E-state index contributed by atoms with van der Waals surface area (Å²) in [7, 11) is 0. The second-order valence-corrected chi connectivity index (χ2v) is 6.44. The summed E-state index contributed by atoms with van der Waals surface area (Å²) in [4.78, 5) is 27.7. The Morgan fingerprint density at radius 2 is 0.905 bits per heavy atom. The molecule has 0 aromatic rings. The minimum absolute atomic E-state index is 0.344. The maximum absolute atomic E-state index is 11.8. The monoisotopic (exact) mass is 294 g/mol. The van der Waals surface area contributed by atoms with Gasteiger partial charge in [-0.2, -0.15) is 0 Å². The van der Waals surface area contributed by atoms with Crippen molar-refractivity contribution >= 4 is 11.8 Å². The van der Waals surface area contributed by atoms with Crippen molar-refractivity contribution in [1.29, 1.82) is 0 Å². The van der Waals surface area contributed by atoms with Crippen LogP contribution >= 0.6 is 0 Å². The highest BCUT2D eigenvalue weighted by Crippen LogP contribution is 2.14. The molecule has 2 aliphatic heterocycles. The molecule has 2 fully saturated rings. The zero-order valence-electron chi connectivity index (χ0n) is 13.3. The third-order valence-electron chi connectivity index (χ3n) is 4.70. The lowest BCUT2D eigenvalue weighted by molar-refractivity contribution is -0.130. The minimum Gasteiger partial charge on any atom is -0.343 e. The first kappa shape index (κ1) is 16.3. The Labute approximate surface area is 128 Å². The molecule has 21 heavy (non-hydrogen) atoms. The van der Waals surface area contributed by atoms with Gasteiger partial charge in [-0.15, -0.1) is 0 Å². The van der Waals surface area contributed by atoms with Crippen molar-refractivity contribution in [3.63, 3.8) is 0 Å². The number of amides is 2. The van der Waals surface area contributed by atoms with Crippen molar-refractivity contribution in [2.45, 2.75) is 70.6 Å². The SMILES string of the molecule is O=C(CCCCCCCC(=O)N1CCCC1)N1CCCC1. The van der Waals surface area contributed by atoms with Crippen molar-refractivity contribution in [2.24, 2.45) is 0 Å². The van der Waals surface area contributed by atoms with Crippen molar-refractivity contribution in [2.75, 3.05) is 26.2 Å². The van der Waals surface area contributed by atoms with Gasteiger partial charge in [-0.3, -0.25) is 9.59 Å². The van der Waals surface area contributed by atoms with Gasteiger partial charge in [0.05, 0.1) is 0 Å². The molecule has 0 N–H and O–H groups in total. The van der Waals surface area contributed by atoms with E-state index in [-0.39, 0.29) is 0 Å². The van der Waals surface area contributed by atoms with Gasteiger partial charge in [0.15, 0.2) is 0 Å². The highest BCUT2D eigenvalue weighted by atomic mass is 16.2. The summed E-state index contributed by atoms with van der Waals surface area (Å²) in [5.74, 6) is 0.688. The molecule has 2 aliphatic rings. The summed E-state index contributed by atoms with van der Waals surface area (Å²) in [5, 5.41) is 0. The van der Waals surface area contributed by atoms with E-state index in [1.807, 2.05) is 9.80 Å². The molecular formula is C17H30N2O2. The number of likely N-dealkylation sites (tertiary alicyclic amines) is 2. The van der Waals surface area contributed by atoms with Gasteiger partial charge in [-0.25, -0.2) is 0 Å². The van der Waals surface area contributed by atoms with Crippen molar-refractivity contribution < 1.29 is 9.59 Å². The number of hydrogen-bond donors (Lipinski definition) is 0. The standard InChI is InChI=1S/C17H30N2O2/c20-16(18-12-6-7-13-18)10-4-2-1-3-5-11-17(21)19-14-8-9-15-19/h1-15H2. The van der Waals surface area contributed by atoms with E-state index in [0.29, 0.717) is 24.7 Å². The summed E-state index contributed by atoms with van der Waals surface area (Å²) >= 11 is 0. The average Bonchev–Trinajstić information content (AvgIpc) is 3.18. The molecule has 4 nitrogen and oxygen atoms in total.